The van der Waals surface area contributed by atoms with Crippen LogP contribution in [-0.4, -0.2) is 37.5 Å². The summed E-state index contributed by atoms with van der Waals surface area (Å²) in [7, 11) is 1.39. The number of aromatic nitrogens is 1. The van der Waals surface area contributed by atoms with Crippen LogP contribution in [0, 0.1) is 6.92 Å². The molecule has 1 aliphatic carbocycles. The number of amides is 1. The first kappa shape index (κ1) is 25.0. The number of carbonyl (C=O) groups is 2. The Labute approximate surface area is 216 Å². The number of nitrogens with zero attached hydrogens (tertiary/aromatic N) is 1. The van der Waals surface area contributed by atoms with E-state index in [0.29, 0.717) is 30.2 Å². The minimum atomic E-state index is -0.520. The van der Waals surface area contributed by atoms with Gasteiger partial charge in [0.05, 0.1) is 37.8 Å². The molecule has 0 atom stereocenters. The van der Waals surface area contributed by atoms with Gasteiger partial charge in [0.25, 0.3) is 0 Å². The molecule has 2 saturated heterocycles. The predicted molar refractivity (Wildman–Crippen MR) is 136 cm³/mol. The van der Waals surface area contributed by atoms with Crippen molar-refractivity contribution in [1.82, 2.24) is 5.16 Å². The van der Waals surface area contributed by atoms with Crippen molar-refractivity contribution in [3.8, 4) is 0 Å². The SMILES string of the molecule is COC(=O)Cc1ccc(C23CCC(c4onc(C)c4NC(=O)OCCc4ccccc4)(CC2)CO3)cc1. The molecule has 0 unspecified atom stereocenters. The standard InChI is InChI=1S/C29H32N2O6/c1-20-25(30-27(33)35-17-12-21-6-4-3-5-7-21)26(37-31-20)28-13-15-29(16-14-28,36-19-28)23-10-8-22(9-11-23)18-24(32)34-2/h3-11H,12-19H2,1-2H3,(H,30,33). The van der Waals surface area contributed by atoms with E-state index in [1.54, 1.807) is 0 Å². The van der Waals surface area contributed by atoms with Crippen molar-refractivity contribution in [3.63, 3.8) is 0 Å². The topological polar surface area (TPSA) is 99.9 Å². The first-order chi connectivity index (χ1) is 17.9. The molecule has 1 amide bonds. The number of nitrogens with one attached hydrogen (secondary N) is 1. The summed E-state index contributed by atoms with van der Waals surface area (Å²) in [4.78, 5) is 24.2. The van der Waals surface area contributed by atoms with Crippen LogP contribution in [0.25, 0.3) is 0 Å². The van der Waals surface area contributed by atoms with Gasteiger partial charge in [-0.1, -0.05) is 59.8 Å². The predicted octanol–water partition coefficient (Wildman–Crippen LogP) is 5.23. The van der Waals surface area contributed by atoms with Gasteiger partial charge in [0, 0.05) is 6.42 Å². The Kier molecular flexibility index (Phi) is 7.02. The summed E-state index contributed by atoms with van der Waals surface area (Å²) < 4.78 is 22.5. The van der Waals surface area contributed by atoms with E-state index in [4.69, 9.17) is 18.7 Å². The second-order valence-corrected chi connectivity index (χ2v) is 9.98. The first-order valence-electron chi connectivity index (χ1n) is 12.7. The largest absolute Gasteiger partial charge is 0.469 e. The number of ether oxygens (including phenoxy) is 3. The molecular weight excluding hydrogens is 472 g/mol. The average Bonchev–Trinajstić information content (AvgIpc) is 3.31. The van der Waals surface area contributed by atoms with E-state index < -0.39 is 6.09 Å². The van der Waals surface area contributed by atoms with Crippen LogP contribution in [0.4, 0.5) is 10.5 Å². The molecule has 3 aliphatic rings. The zero-order valence-electron chi connectivity index (χ0n) is 21.2. The number of esters is 1. The maximum atomic E-state index is 12.6. The van der Waals surface area contributed by atoms with E-state index in [-0.39, 0.29) is 30.0 Å². The van der Waals surface area contributed by atoms with Gasteiger partial charge in [0.15, 0.2) is 5.76 Å². The zero-order chi connectivity index (χ0) is 25.9. The van der Waals surface area contributed by atoms with Crippen molar-refractivity contribution < 1.29 is 28.3 Å². The molecular formula is C29H32N2O6. The van der Waals surface area contributed by atoms with Crippen LogP contribution in [0.2, 0.25) is 0 Å². The second kappa shape index (κ2) is 10.4. The van der Waals surface area contributed by atoms with Crippen LogP contribution < -0.4 is 5.32 Å². The van der Waals surface area contributed by atoms with E-state index in [2.05, 4.69) is 10.5 Å². The minimum absolute atomic E-state index is 0.253. The highest BCUT2D eigenvalue weighted by Gasteiger charge is 2.54. The average molecular weight is 505 g/mol. The lowest BCUT2D eigenvalue weighted by Crippen LogP contribution is -2.51. The third-order valence-electron chi connectivity index (χ3n) is 7.73. The number of hydrogen-bond donors (Lipinski definition) is 1. The summed E-state index contributed by atoms with van der Waals surface area (Å²) >= 11 is 0. The highest BCUT2D eigenvalue weighted by Crippen LogP contribution is 2.56. The number of fused-ring (bicyclic) bond motifs is 3. The van der Waals surface area contributed by atoms with Crippen LogP contribution in [0.1, 0.15) is 53.8 Å². The van der Waals surface area contributed by atoms with Gasteiger partial charge in [-0.2, -0.15) is 0 Å². The van der Waals surface area contributed by atoms with Crippen LogP contribution in [0.3, 0.4) is 0 Å². The third kappa shape index (κ3) is 5.11. The van der Waals surface area contributed by atoms with Gasteiger partial charge in [-0.25, -0.2) is 4.79 Å². The Morgan fingerprint density at radius 2 is 1.73 bits per heavy atom. The number of methoxy groups -OCH3 is 1. The fourth-order valence-electron chi connectivity index (χ4n) is 5.45. The zero-order valence-corrected chi connectivity index (χ0v) is 21.2. The molecule has 1 aromatic heterocycles. The van der Waals surface area contributed by atoms with Gasteiger partial charge in [-0.3, -0.25) is 10.1 Å². The molecule has 0 spiro atoms. The molecule has 6 rings (SSSR count). The molecule has 194 valence electrons. The van der Waals surface area contributed by atoms with Gasteiger partial charge in [0.2, 0.25) is 0 Å². The summed E-state index contributed by atoms with van der Waals surface area (Å²) in [5.74, 6) is 0.404. The molecule has 2 bridgehead atoms. The molecule has 8 heteroatoms. The van der Waals surface area contributed by atoms with Gasteiger partial charge < -0.3 is 18.7 Å². The fourth-order valence-corrected chi connectivity index (χ4v) is 5.45. The molecule has 1 saturated carbocycles. The van der Waals surface area contributed by atoms with Gasteiger partial charge >= 0.3 is 12.1 Å². The minimum Gasteiger partial charge on any atom is -0.469 e. The molecule has 2 aliphatic heterocycles. The smallest absolute Gasteiger partial charge is 0.411 e. The van der Waals surface area contributed by atoms with Crippen LogP contribution in [0.15, 0.2) is 59.1 Å². The summed E-state index contributed by atoms with van der Waals surface area (Å²) in [5, 5.41) is 7.04. The van der Waals surface area contributed by atoms with Crippen molar-refractivity contribution >= 4 is 17.7 Å². The maximum Gasteiger partial charge on any atom is 0.411 e. The van der Waals surface area contributed by atoms with E-state index >= 15 is 0 Å². The highest BCUT2D eigenvalue weighted by molar-refractivity contribution is 5.86. The lowest BCUT2D eigenvalue weighted by molar-refractivity contribution is -0.167. The van der Waals surface area contributed by atoms with Crippen molar-refractivity contribution in [2.24, 2.45) is 0 Å². The maximum absolute atomic E-state index is 12.6. The Balaban J connectivity index is 1.23. The van der Waals surface area contributed by atoms with Crippen LogP contribution in [-0.2, 0) is 42.9 Å². The molecule has 8 nitrogen and oxygen atoms in total. The first-order valence-corrected chi connectivity index (χ1v) is 12.7. The molecule has 37 heavy (non-hydrogen) atoms. The quantitative estimate of drug-likeness (QED) is 0.420. The Hall–Kier alpha value is -3.65. The molecule has 0 radical (unpaired) electrons. The number of rotatable bonds is 8. The van der Waals surface area contributed by atoms with E-state index in [1.807, 2.05) is 61.5 Å². The molecule has 2 aromatic carbocycles. The van der Waals surface area contributed by atoms with Crippen molar-refractivity contribution in [1.29, 1.82) is 0 Å². The summed E-state index contributed by atoms with van der Waals surface area (Å²) in [5.41, 5.74) is 3.63. The molecule has 1 N–H and O–H groups in total. The number of carbonyl (C=O) groups excluding carboxylic acids is 2. The van der Waals surface area contributed by atoms with Crippen molar-refractivity contribution in [2.75, 3.05) is 25.6 Å². The van der Waals surface area contributed by atoms with Crippen molar-refractivity contribution in [2.45, 2.75) is 56.5 Å². The van der Waals surface area contributed by atoms with Crippen LogP contribution >= 0.6 is 0 Å². The molecule has 3 fully saturated rings. The summed E-state index contributed by atoms with van der Waals surface area (Å²) in [6, 6.07) is 17.9. The highest BCUT2D eigenvalue weighted by atomic mass is 16.5. The Morgan fingerprint density at radius 3 is 2.38 bits per heavy atom. The number of benzene rings is 2. The summed E-state index contributed by atoms with van der Waals surface area (Å²) in [6.45, 7) is 2.57. The Bertz CT molecular complexity index is 1230. The monoisotopic (exact) mass is 504 g/mol. The molecule has 3 heterocycles. The lowest BCUT2D eigenvalue weighted by atomic mass is 9.63. The van der Waals surface area contributed by atoms with Gasteiger partial charge in [-0.05, 0) is 49.3 Å². The fraction of sp³-hybridized carbons (Fsp3) is 0.414. The lowest BCUT2D eigenvalue weighted by Gasteiger charge is -2.52. The number of aryl methyl sites for hydroxylation is 1. The third-order valence-corrected chi connectivity index (χ3v) is 7.73. The molecule has 3 aromatic rings. The van der Waals surface area contributed by atoms with E-state index in [9.17, 15) is 9.59 Å². The van der Waals surface area contributed by atoms with E-state index in [0.717, 1.165) is 42.4 Å². The second-order valence-electron chi connectivity index (χ2n) is 9.98. The number of anilines is 1. The number of hydrogen-bond acceptors (Lipinski definition) is 7. The van der Waals surface area contributed by atoms with Gasteiger partial charge in [0.1, 0.15) is 11.4 Å². The summed E-state index contributed by atoms with van der Waals surface area (Å²) in [6.07, 6.45) is 3.73. The van der Waals surface area contributed by atoms with Crippen LogP contribution in [0.5, 0.6) is 0 Å². The van der Waals surface area contributed by atoms with Crippen molar-refractivity contribution in [3.05, 3.63) is 82.7 Å². The Morgan fingerprint density at radius 1 is 1.00 bits per heavy atom. The normalized spacial score (nSPS) is 22.4. The van der Waals surface area contributed by atoms with E-state index in [1.165, 1.54) is 7.11 Å². The van der Waals surface area contributed by atoms with Gasteiger partial charge in [-0.15, -0.1) is 0 Å².